The van der Waals surface area contributed by atoms with Gasteiger partial charge in [-0.25, -0.2) is 12.8 Å². The second-order valence-corrected chi connectivity index (χ2v) is 9.46. The normalized spacial score (nSPS) is 11.5. The summed E-state index contributed by atoms with van der Waals surface area (Å²) < 4.78 is 46.4. The fourth-order valence-corrected chi connectivity index (χ4v) is 5.12. The Morgan fingerprint density at radius 2 is 1.70 bits per heavy atom. The predicted octanol–water partition coefficient (Wildman–Crippen LogP) is 3.98. The number of nitrogens with one attached hydrogen (secondary N) is 1. The van der Waals surface area contributed by atoms with E-state index in [-0.39, 0.29) is 22.2 Å². The van der Waals surface area contributed by atoms with E-state index in [1.807, 2.05) is 24.3 Å². The molecule has 0 spiro atoms. The van der Waals surface area contributed by atoms with Gasteiger partial charge in [-0.1, -0.05) is 30.3 Å². The molecule has 1 N–H and O–H groups in total. The Bertz CT molecular complexity index is 1380. The third-order valence-corrected chi connectivity index (χ3v) is 7.17. The Labute approximate surface area is 191 Å². The van der Waals surface area contributed by atoms with Crippen LogP contribution in [0.4, 0.5) is 4.39 Å². The number of hydrogen-bond donors (Lipinski definition) is 1. The minimum atomic E-state index is -3.89. The number of halogens is 1. The summed E-state index contributed by atoms with van der Waals surface area (Å²) in [5.74, 6) is 0.0337. The Kier molecular flexibility index (Phi) is 6.46. The maximum absolute atomic E-state index is 13.3. The summed E-state index contributed by atoms with van der Waals surface area (Å²) in [6.45, 7) is 0.424. The van der Waals surface area contributed by atoms with Gasteiger partial charge in [0.1, 0.15) is 18.1 Å². The molecule has 33 heavy (non-hydrogen) atoms. The number of rotatable bonds is 8. The van der Waals surface area contributed by atoms with E-state index in [2.05, 4.69) is 5.32 Å². The van der Waals surface area contributed by atoms with Crippen LogP contribution in [-0.2, 0) is 27.6 Å². The Balaban J connectivity index is 1.51. The molecule has 1 aromatic heterocycles. The van der Waals surface area contributed by atoms with Gasteiger partial charge in [-0.2, -0.15) is 0 Å². The summed E-state index contributed by atoms with van der Waals surface area (Å²) in [6, 6.07) is 19.3. The number of sulfone groups is 1. The molecule has 4 aromatic rings. The molecular weight excluding hydrogens is 443 g/mol. The minimum absolute atomic E-state index is 0.00394. The van der Waals surface area contributed by atoms with E-state index in [0.717, 1.165) is 23.4 Å². The number of nitrogens with zero attached hydrogens (tertiary/aromatic N) is 1. The van der Waals surface area contributed by atoms with Crippen LogP contribution in [0.3, 0.4) is 0 Å². The molecule has 0 atom stereocenters. The third-order valence-electron chi connectivity index (χ3n) is 5.37. The topological polar surface area (TPSA) is 77.4 Å². The second-order valence-electron chi connectivity index (χ2n) is 7.54. The van der Waals surface area contributed by atoms with Crippen molar-refractivity contribution in [3.63, 3.8) is 0 Å². The standard InChI is InChI=1S/C25H23FN2O4S/c1-32-20-10-6-18(7-11-20)14-15-27-25(29)17-28-16-24(22-4-2-3-5-23(22)28)33(30,31)21-12-8-19(26)9-13-21/h2-13,16H,14-15,17H2,1H3,(H,27,29). The number of methoxy groups -OCH3 is 1. The second kappa shape index (κ2) is 9.46. The van der Waals surface area contributed by atoms with E-state index in [1.54, 1.807) is 35.9 Å². The lowest BCUT2D eigenvalue weighted by molar-refractivity contribution is -0.121. The zero-order valence-corrected chi connectivity index (χ0v) is 18.8. The molecule has 0 aliphatic carbocycles. The minimum Gasteiger partial charge on any atom is -0.497 e. The predicted molar refractivity (Wildman–Crippen MR) is 123 cm³/mol. The van der Waals surface area contributed by atoms with Crippen LogP contribution in [0.2, 0.25) is 0 Å². The molecule has 6 nitrogen and oxygen atoms in total. The molecular formula is C25H23FN2O4S. The molecule has 1 amide bonds. The van der Waals surface area contributed by atoms with Crippen molar-refractivity contribution < 1.29 is 22.3 Å². The maximum atomic E-state index is 13.3. The van der Waals surface area contributed by atoms with Crippen molar-refractivity contribution in [3.05, 3.63) is 90.4 Å². The first kappa shape index (κ1) is 22.5. The van der Waals surface area contributed by atoms with E-state index in [4.69, 9.17) is 4.74 Å². The molecule has 0 aliphatic rings. The molecule has 170 valence electrons. The van der Waals surface area contributed by atoms with Gasteiger partial charge in [-0.15, -0.1) is 0 Å². The van der Waals surface area contributed by atoms with E-state index < -0.39 is 15.7 Å². The van der Waals surface area contributed by atoms with Gasteiger partial charge in [0.2, 0.25) is 15.7 Å². The lowest BCUT2D eigenvalue weighted by Crippen LogP contribution is -2.29. The number of carbonyl (C=O) groups is 1. The highest BCUT2D eigenvalue weighted by atomic mass is 32.2. The first-order chi connectivity index (χ1) is 15.9. The van der Waals surface area contributed by atoms with Crippen LogP contribution >= 0.6 is 0 Å². The van der Waals surface area contributed by atoms with Crippen LogP contribution in [0.25, 0.3) is 10.9 Å². The van der Waals surface area contributed by atoms with Gasteiger partial charge in [-0.05, 0) is 54.4 Å². The Hall–Kier alpha value is -3.65. The molecule has 0 bridgehead atoms. The fourth-order valence-electron chi connectivity index (χ4n) is 3.65. The average Bonchev–Trinajstić information content (AvgIpc) is 3.19. The number of benzene rings is 3. The van der Waals surface area contributed by atoms with Crippen molar-refractivity contribution in [3.8, 4) is 5.75 Å². The van der Waals surface area contributed by atoms with Gasteiger partial charge in [0.05, 0.1) is 16.9 Å². The number of aromatic nitrogens is 1. The highest BCUT2D eigenvalue weighted by Crippen LogP contribution is 2.30. The number of fused-ring (bicyclic) bond motifs is 1. The van der Waals surface area contributed by atoms with E-state index >= 15 is 0 Å². The summed E-state index contributed by atoms with van der Waals surface area (Å²) in [4.78, 5) is 12.6. The molecule has 8 heteroatoms. The summed E-state index contributed by atoms with van der Waals surface area (Å²) >= 11 is 0. The molecule has 0 radical (unpaired) electrons. The fraction of sp³-hybridized carbons (Fsp3) is 0.160. The number of carbonyl (C=O) groups excluding carboxylic acids is 1. The number of ether oxygens (including phenoxy) is 1. The quantitative estimate of drug-likeness (QED) is 0.399. The summed E-state index contributed by atoms with van der Waals surface area (Å²) in [6.07, 6.45) is 2.12. The average molecular weight is 467 g/mol. The summed E-state index contributed by atoms with van der Waals surface area (Å²) in [5, 5.41) is 3.38. The third kappa shape index (κ3) is 4.90. The monoisotopic (exact) mass is 466 g/mol. The molecule has 4 rings (SSSR count). The first-order valence-corrected chi connectivity index (χ1v) is 11.8. The highest BCUT2D eigenvalue weighted by molar-refractivity contribution is 7.91. The number of para-hydroxylation sites is 1. The van der Waals surface area contributed by atoms with E-state index in [9.17, 15) is 17.6 Å². The van der Waals surface area contributed by atoms with Crippen molar-refractivity contribution >= 4 is 26.6 Å². The Morgan fingerprint density at radius 3 is 2.39 bits per heavy atom. The van der Waals surface area contributed by atoms with Crippen molar-refractivity contribution in [2.45, 2.75) is 22.8 Å². The summed E-state index contributed by atoms with van der Waals surface area (Å²) in [5.41, 5.74) is 1.69. The van der Waals surface area contributed by atoms with Gasteiger partial charge < -0.3 is 14.6 Å². The van der Waals surface area contributed by atoms with Crippen molar-refractivity contribution in [2.75, 3.05) is 13.7 Å². The number of amides is 1. The van der Waals surface area contributed by atoms with Crippen LogP contribution < -0.4 is 10.1 Å². The maximum Gasteiger partial charge on any atom is 0.239 e. The SMILES string of the molecule is COc1ccc(CCNC(=O)Cn2cc(S(=O)(=O)c3ccc(F)cc3)c3ccccc32)cc1. The van der Waals surface area contributed by atoms with Crippen molar-refractivity contribution in [2.24, 2.45) is 0 Å². The van der Waals surface area contributed by atoms with Crippen LogP contribution in [0.5, 0.6) is 5.75 Å². The summed E-state index contributed by atoms with van der Waals surface area (Å²) in [7, 11) is -2.28. The van der Waals surface area contributed by atoms with E-state index in [1.165, 1.54) is 18.3 Å². The molecule has 1 heterocycles. The van der Waals surface area contributed by atoms with Gasteiger partial charge in [-0.3, -0.25) is 4.79 Å². The van der Waals surface area contributed by atoms with Gasteiger partial charge in [0.25, 0.3) is 0 Å². The van der Waals surface area contributed by atoms with Gasteiger partial charge in [0, 0.05) is 23.6 Å². The van der Waals surface area contributed by atoms with Crippen LogP contribution in [0.15, 0.2) is 88.8 Å². The van der Waals surface area contributed by atoms with E-state index in [0.29, 0.717) is 23.9 Å². The molecule has 0 saturated heterocycles. The smallest absolute Gasteiger partial charge is 0.239 e. The molecule has 0 fully saturated rings. The zero-order valence-electron chi connectivity index (χ0n) is 18.0. The lowest BCUT2D eigenvalue weighted by Gasteiger charge is -2.08. The van der Waals surface area contributed by atoms with Crippen LogP contribution in [-0.4, -0.2) is 32.5 Å². The lowest BCUT2D eigenvalue weighted by atomic mass is 10.1. The van der Waals surface area contributed by atoms with Gasteiger partial charge in [0.15, 0.2) is 0 Å². The molecule has 0 unspecified atom stereocenters. The van der Waals surface area contributed by atoms with Crippen LogP contribution in [0.1, 0.15) is 5.56 Å². The molecule has 0 saturated carbocycles. The first-order valence-electron chi connectivity index (χ1n) is 10.4. The zero-order chi connectivity index (χ0) is 23.4. The van der Waals surface area contributed by atoms with Crippen molar-refractivity contribution in [1.82, 2.24) is 9.88 Å². The highest BCUT2D eigenvalue weighted by Gasteiger charge is 2.24. The molecule has 0 aliphatic heterocycles. The Morgan fingerprint density at radius 1 is 1.00 bits per heavy atom. The number of hydrogen-bond acceptors (Lipinski definition) is 4. The van der Waals surface area contributed by atoms with Crippen LogP contribution in [0, 0.1) is 5.82 Å². The largest absolute Gasteiger partial charge is 0.497 e. The van der Waals surface area contributed by atoms with Crippen molar-refractivity contribution in [1.29, 1.82) is 0 Å². The molecule has 3 aromatic carbocycles. The van der Waals surface area contributed by atoms with Gasteiger partial charge >= 0.3 is 0 Å².